The normalized spacial score (nSPS) is 19.4. The second-order valence-corrected chi connectivity index (χ2v) is 6.49. The molecule has 2 nitrogen and oxygen atoms in total. The van der Waals surface area contributed by atoms with Gasteiger partial charge in [0.05, 0.1) is 6.10 Å². The highest BCUT2D eigenvalue weighted by Crippen LogP contribution is 2.29. The van der Waals surface area contributed by atoms with E-state index in [-0.39, 0.29) is 0 Å². The zero-order valence-electron chi connectivity index (χ0n) is 10.2. The van der Waals surface area contributed by atoms with Crippen LogP contribution in [0.1, 0.15) is 17.7 Å². The lowest BCUT2D eigenvalue weighted by atomic mass is 10.2. The lowest BCUT2D eigenvalue weighted by Gasteiger charge is -2.09. The molecule has 4 heteroatoms. The van der Waals surface area contributed by atoms with E-state index in [0.29, 0.717) is 6.10 Å². The van der Waals surface area contributed by atoms with Crippen LogP contribution < -0.4 is 5.32 Å². The summed E-state index contributed by atoms with van der Waals surface area (Å²) < 4.78 is 5.60. The minimum atomic E-state index is 0.432. The first-order chi connectivity index (χ1) is 8.92. The van der Waals surface area contributed by atoms with Crippen molar-refractivity contribution in [2.45, 2.75) is 25.5 Å². The maximum Gasteiger partial charge on any atom is 0.0700 e. The molecule has 1 aliphatic heterocycles. The van der Waals surface area contributed by atoms with Crippen molar-refractivity contribution in [2.75, 3.05) is 13.2 Å². The van der Waals surface area contributed by atoms with Crippen LogP contribution in [0.2, 0.25) is 0 Å². The standard InChI is InChI=1S/C14H17NOS2/c1-3-12(16-5-1)8-15-9-13-7-11(10-18-13)14-4-2-6-17-14/h2,4,6-7,10,12,15H,1,3,5,8-9H2. The molecule has 0 bridgehead atoms. The van der Waals surface area contributed by atoms with Crippen LogP contribution >= 0.6 is 22.7 Å². The Bertz CT molecular complexity index is 472. The summed E-state index contributed by atoms with van der Waals surface area (Å²) in [6.07, 6.45) is 2.85. The molecule has 1 N–H and O–H groups in total. The molecule has 0 amide bonds. The van der Waals surface area contributed by atoms with Gasteiger partial charge in [0.15, 0.2) is 0 Å². The van der Waals surface area contributed by atoms with E-state index in [9.17, 15) is 0 Å². The largest absolute Gasteiger partial charge is 0.377 e. The quantitative estimate of drug-likeness (QED) is 0.900. The van der Waals surface area contributed by atoms with Crippen LogP contribution in [0.3, 0.4) is 0 Å². The molecule has 1 aliphatic rings. The fourth-order valence-electron chi connectivity index (χ4n) is 2.21. The predicted octanol–water partition coefficient (Wildman–Crippen LogP) is 3.75. The van der Waals surface area contributed by atoms with Crippen molar-refractivity contribution in [1.82, 2.24) is 5.32 Å². The zero-order valence-corrected chi connectivity index (χ0v) is 11.9. The molecule has 0 aromatic carbocycles. The third-order valence-electron chi connectivity index (χ3n) is 3.15. The fourth-order valence-corrected chi connectivity index (χ4v) is 3.85. The van der Waals surface area contributed by atoms with E-state index in [1.165, 1.54) is 28.2 Å². The summed E-state index contributed by atoms with van der Waals surface area (Å²) in [4.78, 5) is 2.76. The fraction of sp³-hybridized carbons (Fsp3) is 0.429. The average Bonchev–Trinajstić information content (AvgIpc) is 3.12. The molecule has 1 saturated heterocycles. The molecule has 0 aliphatic carbocycles. The lowest BCUT2D eigenvalue weighted by Crippen LogP contribution is -2.25. The van der Waals surface area contributed by atoms with Gasteiger partial charge in [0.25, 0.3) is 0 Å². The third kappa shape index (κ3) is 3.01. The van der Waals surface area contributed by atoms with Gasteiger partial charge in [-0.2, -0.15) is 0 Å². The van der Waals surface area contributed by atoms with E-state index >= 15 is 0 Å². The van der Waals surface area contributed by atoms with Crippen LogP contribution in [-0.4, -0.2) is 19.3 Å². The lowest BCUT2D eigenvalue weighted by molar-refractivity contribution is 0.110. The van der Waals surface area contributed by atoms with E-state index in [2.05, 4.69) is 34.3 Å². The minimum absolute atomic E-state index is 0.432. The molecule has 18 heavy (non-hydrogen) atoms. The number of rotatable bonds is 5. The Hall–Kier alpha value is -0.680. The SMILES string of the molecule is c1csc(-c2csc(CNCC3CCCO3)c2)c1. The smallest absolute Gasteiger partial charge is 0.0700 e. The molecule has 1 unspecified atom stereocenters. The van der Waals surface area contributed by atoms with Gasteiger partial charge in [0.2, 0.25) is 0 Å². The monoisotopic (exact) mass is 279 g/mol. The first-order valence-corrected chi connectivity index (χ1v) is 8.11. The molecule has 0 radical (unpaired) electrons. The van der Waals surface area contributed by atoms with Crippen LogP contribution in [0, 0.1) is 0 Å². The maximum atomic E-state index is 5.60. The summed E-state index contributed by atoms with van der Waals surface area (Å²) in [6.45, 7) is 2.87. The topological polar surface area (TPSA) is 21.3 Å². The Labute approximate surface area is 116 Å². The number of thiophene rings is 2. The zero-order chi connectivity index (χ0) is 12.2. The second kappa shape index (κ2) is 5.97. The van der Waals surface area contributed by atoms with Crippen molar-refractivity contribution in [3.05, 3.63) is 33.8 Å². The second-order valence-electron chi connectivity index (χ2n) is 4.54. The van der Waals surface area contributed by atoms with Crippen LogP contribution in [0.25, 0.3) is 10.4 Å². The van der Waals surface area contributed by atoms with Gasteiger partial charge in [0.1, 0.15) is 0 Å². The highest BCUT2D eigenvalue weighted by Gasteiger charge is 2.14. The van der Waals surface area contributed by atoms with Gasteiger partial charge >= 0.3 is 0 Å². The first-order valence-electron chi connectivity index (χ1n) is 6.35. The molecule has 96 valence electrons. The number of hydrogen-bond donors (Lipinski definition) is 1. The number of hydrogen-bond acceptors (Lipinski definition) is 4. The molecular weight excluding hydrogens is 262 g/mol. The number of nitrogens with one attached hydrogen (secondary N) is 1. The van der Waals surface area contributed by atoms with Gasteiger partial charge in [-0.3, -0.25) is 0 Å². The van der Waals surface area contributed by atoms with E-state index in [0.717, 1.165) is 19.7 Å². The summed E-state index contributed by atoms with van der Waals surface area (Å²) >= 11 is 3.63. The Morgan fingerprint density at radius 3 is 3.17 bits per heavy atom. The van der Waals surface area contributed by atoms with Crippen LogP contribution in [0.4, 0.5) is 0 Å². The molecule has 1 atom stereocenters. The highest BCUT2D eigenvalue weighted by atomic mass is 32.1. The molecule has 1 fully saturated rings. The molecule has 3 rings (SSSR count). The van der Waals surface area contributed by atoms with Gasteiger partial charge in [-0.1, -0.05) is 6.07 Å². The van der Waals surface area contributed by atoms with Crippen LogP contribution in [0.15, 0.2) is 29.0 Å². The van der Waals surface area contributed by atoms with E-state index in [1.807, 2.05) is 11.3 Å². The average molecular weight is 279 g/mol. The highest BCUT2D eigenvalue weighted by molar-refractivity contribution is 7.14. The van der Waals surface area contributed by atoms with Gasteiger partial charge in [-0.15, -0.1) is 22.7 Å². The van der Waals surface area contributed by atoms with Crippen LogP contribution in [0.5, 0.6) is 0 Å². The van der Waals surface area contributed by atoms with E-state index in [4.69, 9.17) is 4.74 Å². The van der Waals surface area contributed by atoms with Crippen molar-refractivity contribution in [3.63, 3.8) is 0 Å². The van der Waals surface area contributed by atoms with E-state index < -0.39 is 0 Å². The Morgan fingerprint density at radius 1 is 1.39 bits per heavy atom. The Kier molecular flexibility index (Phi) is 4.10. The van der Waals surface area contributed by atoms with E-state index in [1.54, 1.807) is 11.3 Å². The molecule has 2 aromatic rings. The predicted molar refractivity (Wildman–Crippen MR) is 78.3 cm³/mol. The van der Waals surface area contributed by atoms with Gasteiger partial charge in [-0.05, 0) is 35.7 Å². The van der Waals surface area contributed by atoms with Crippen molar-refractivity contribution in [1.29, 1.82) is 0 Å². The molecule has 0 saturated carbocycles. The van der Waals surface area contributed by atoms with Crippen molar-refractivity contribution in [3.8, 4) is 10.4 Å². The Balaban J connectivity index is 1.51. The molecule has 0 spiro atoms. The summed E-state index contributed by atoms with van der Waals surface area (Å²) in [5.74, 6) is 0. The maximum absolute atomic E-state index is 5.60. The molecule has 2 aromatic heterocycles. The van der Waals surface area contributed by atoms with Gasteiger partial charge in [0, 0.05) is 35.0 Å². The van der Waals surface area contributed by atoms with Crippen molar-refractivity contribution < 1.29 is 4.74 Å². The summed E-state index contributed by atoms with van der Waals surface area (Å²) in [5.41, 5.74) is 1.35. The van der Waals surface area contributed by atoms with Crippen molar-refractivity contribution >= 4 is 22.7 Å². The van der Waals surface area contributed by atoms with Gasteiger partial charge in [-0.25, -0.2) is 0 Å². The summed E-state index contributed by atoms with van der Waals surface area (Å²) in [6, 6.07) is 6.57. The number of ether oxygens (including phenoxy) is 1. The van der Waals surface area contributed by atoms with Gasteiger partial charge < -0.3 is 10.1 Å². The van der Waals surface area contributed by atoms with Crippen LogP contribution in [-0.2, 0) is 11.3 Å². The first kappa shape index (κ1) is 12.4. The molecular formula is C14H17NOS2. The minimum Gasteiger partial charge on any atom is -0.377 e. The van der Waals surface area contributed by atoms with Crippen molar-refractivity contribution in [2.24, 2.45) is 0 Å². The summed E-state index contributed by atoms with van der Waals surface area (Å²) in [5, 5.41) is 7.86. The molecule has 3 heterocycles. The summed E-state index contributed by atoms with van der Waals surface area (Å²) in [7, 11) is 0. The third-order valence-corrected chi connectivity index (χ3v) is 5.01. The Morgan fingerprint density at radius 2 is 2.39 bits per heavy atom.